The predicted octanol–water partition coefficient (Wildman–Crippen LogP) is 1.42. The van der Waals surface area contributed by atoms with E-state index in [1.807, 2.05) is 0 Å². The minimum atomic E-state index is -0.813. The van der Waals surface area contributed by atoms with Crippen molar-refractivity contribution < 1.29 is 14.6 Å². The second kappa shape index (κ2) is 3.72. The highest BCUT2D eigenvalue weighted by atomic mass is 16.6. The van der Waals surface area contributed by atoms with Gasteiger partial charge in [-0.1, -0.05) is 26.2 Å². The smallest absolute Gasteiger partial charge is 0.335 e. The van der Waals surface area contributed by atoms with Crippen molar-refractivity contribution in [3.63, 3.8) is 0 Å². The normalized spacial score (nSPS) is 28.5. The lowest BCUT2D eigenvalue weighted by Gasteiger charge is -1.92. The Bertz CT molecular complexity index is 144. The fourth-order valence-corrected chi connectivity index (χ4v) is 1.18. The van der Waals surface area contributed by atoms with Gasteiger partial charge in [-0.05, 0) is 6.42 Å². The molecule has 2 atom stereocenters. The van der Waals surface area contributed by atoms with Gasteiger partial charge in [0, 0.05) is 0 Å². The van der Waals surface area contributed by atoms with Gasteiger partial charge in [0.15, 0.2) is 6.10 Å². The summed E-state index contributed by atoms with van der Waals surface area (Å²) in [4.78, 5) is 10.3. The van der Waals surface area contributed by atoms with Crippen LogP contribution in [0.1, 0.15) is 32.6 Å². The van der Waals surface area contributed by atoms with E-state index >= 15 is 0 Å². The highest BCUT2D eigenvalue weighted by Crippen LogP contribution is 2.27. The molecule has 1 aliphatic rings. The number of carboxylic acids is 1. The monoisotopic (exact) mass is 158 g/mol. The number of hydrogen-bond acceptors (Lipinski definition) is 2. The lowest BCUT2D eigenvalue weighted by atomic mass is 10.1. The first kappa shape index (κ1) is 8.53. The number of carbonyl (C=O) groups is 1. The summed E-state index contributed by atoms with van der Waals surface area (Å²) in [6.07, 6.45) is 3.86. The molecule has 0 saturated carbocycles. The van der Waals surface area contributed by atoms with Crippen LogP contribution in [0.15, 0.2) is 0 Å². The molecule has 3 nitrogen and oxygen atoms in total. The zero-order valence-corrected chi connectivity index (χ0v) is 6.75. The zero-order chi connectivity index (χ0) is 8.27. The molecule has 0 aliphatic carbocycles. The first-order chi connectivity index (χ1) is 5.25. The molecule has 1 saturated heterocycles. The Morgan fingerprint density at radius 1 is 1.55 bits per heavy atom. The molecule has 3 heteroatoms. The average Bonchev–Trinajstić information content (AvgIpc) is 2.68. The van der Waals surface area contributed by atoms with E-state index in [0.717, 1.165) is 12.8 Å². The molecule has 0 radical (unpaired) electrons. The van der Waals surface area contributed by atoms with Crippen molar-refractivity contribution in [1.82, 2.24) is 0 Å². The van der Waals surface area contributed by atoms with Gasteiger partial charge in [0.25, 0.3) is 0 Å². The quantitative estimate of drug-likeness (QED) is 0.486. The van der Waals surface area contributed by atoms with Gasteiger partial charge < -0.3 is 9.84 Å². The van der Waals surface area contributed by atoms with Gasteiger partial charge in [-0.15, -0.1) is 0 Å². The van der Waals surface area contributed by atoms with E-state index in [1.54, 1.807) is 0 Å². The van der Waals surface area contributed by atoms with Gasteiger partial charge in [-0.2, -0.15) is 0 Å². The van der Waals surface area contributed by atoms with Crippen LogP contribution in [0.5, 0.6) is 0 Å². The topological polar surface area (TPSA) is 49.8 Å². The molecule has 1 heterocycles. The number of ether oxygens (including phenoxy) is 1. The molecule has 1 N–H and O–H groups in total. The summed E-state index contributed by atoms with van der Waals surface area (Å²) in [5.74, 6) is -0.813. The van der Waals surface area contributed by atoms with Crippen molar-refractivity contribution in [2.75, 3.05) is 0 Å². The second-order valence-electron chi connectivity index (χ2n) is 2.93. The molecule has 0 spiro atoms. The fraction of sp³-hybridized carbons (Fsp3) is 0.875. The second-order valence-corrected chi connectivity index (χ2v) is 2.93. The number of epoxide rings is 1. The summed E-state index contributed by atoms with van der Waals surface area (Å²) >= 11 is 0. The third-order valence-electron chi connectivity index (χ3n) is 1.92. The molecule has 0 aromatic carbocycles. The zero-order valence-electron chi connectivity index (χ0n) is 6.75. The molecule has 0 aromatic rings. The maximum atomic E-state index is 10.3. The van der Waals surface area contributed by atoms with Crippen molar-refractivity contribution in [3.8, 4) is 0 Å². The van der Waals surface area contributed by atoms with Crippen LogP contribution in [0.2, 0.25) is 0 Å². The van der Waals surface area contributed by atoms with Crippen LogP contribution in [-0.2, 0) is 9.53 Å². The largest absolute Gasteiger partial charge is 0.479 e. The Hall–Kier alpha value is -0.570. The summed E-state index contributed by atoms with van der Waals surface area (Å²) in [6, 6.07) is 0. The number of unbranched alkanes of at least 4 members (excludes halogenated alkanes) is 2. The van der Waals surface area contributed by atoms with E-state index in [9.17, 15) is 4.79 Å². The average molecular weight is 158 g/mol. The van der Waals surface area contributed by atoms with Gasteiger partial charge in [0.1, 0.15) is 0 Å². The SMILES string of the molecule is CCCCC[C@@H]1OC1C(=O)O. The molecular weight excluding hydrogens is 144 g/mol. The molecule has 64 valence electrons. The van der Waals surface area contributed by atoms with E-state index in [-0.39, 0.29) is 6.10 Å². The first-order valence-electron chi connectivity index (χ1n) is 4.14. The molecule has 1 fully saturated rings. The van der Waals surface area contributed by atoms with Crippen molar-refractivity contribution in [2.24, 2.45) is 0 Å². The minimum absolute atomic E-state index is 0.0130. The highest BCUT2D eigenvalue weighted by molar-refractivity contribution is 5.75. The highest BCUT2D eigenvalue weighted by Gasteiger charge is 2.44. The maximum absolute atomic E-state index is 10.3. The first-order valence-corrected chi connectivity index (χ1v) is 4.14. The van der Waals surface area contributed by atoms with Crippen LogP contribution >= 0.6 is 0 Å². The van der Waals surface area contributed by atoms with Gasteiger partial charge in [-0.25, -0.2) is 4.79 Å². The Morgan fingerprint density at radius 3 is 2.73 bits per heavy atom. The van der Waals surface area contributed by atoms with Crippen LogP contribution in [-0.4, -0.2) is 23.3 Å². The molecule has 1 rings (SSSR count). The number of rotatable bonds is 5. The fourth-order valence-electron chi connectivity index (χ4n) is 1.18. The third-order valence-corrected chi connectivity index (χ3v) is 1.92. The minimum Gasteiger partial charge on any atom is -0.479 e. The van der Waals surface area contributed by atoms with E-state index < -0.39 is 12.1 Å². The summed E-state index contributed by atoms with van der Waals surface area (Å²) in [5.41, 5.74) is 0. The van der Waals surface area contributed by atoms with Gasteiger partial charge in [0.2, 0.25) is 0 Å². The van der Waals surface area contributed by atoms with E-state index in [4.69, 9.17) is 9.84 Å². The van der Waals surface area contributed by atoms with Gasteiger partial charge >= 0.3 is 5.97 Å². The summed E-state index contributed by atoms with van der Waals surface area (Å²) in [6.45, 7) is 2.13. The molecule has 1 unspecified atom stereocenters. The predicted molar refractivity (Wildman–Crippen MR) is 40.4 cm³/mol. The van der Waals surface area contributed by atoms with Crippen LogP contribution in [0.4, 0.5) is 0 Å². The summed E-state index contributed by atoms with van der Waals surface area (Å²) in [7, 11) is 0. The van der Waals surface area contributed by atoms with E-state index in [0.29, 0.717) is 0 Å². The van der Waals surface area contributed by atoms with Crippen molar-refractivity contribution in [3.05, 3.63) is 0 Å². The van der Waals surface area contributed by atoms with Crippen molar-refractivity contribution >= 4 is 5.97 Å². The van der Waals surface area contributed by atoms with E-state index in [2.05, 4.69) is 6.92 Å². The lowest BCUT2D eigenvalue weighted by molar-refractivity contribution is -0.138. The molecule has 0 bridgehead atoms. The summed E-state index contributed by atoms with van der Waals surface area (Å²) < 4.78 is 4.93. The van der Waals surface area contributed by atoms with Gasteiger partial charge in [0.05, 0.1) is 6.10 Å². The number of hydrogen-bond donors (Lipinski definition) is 1. The molecule has 1 aliphatic heterocycles. The molecule has 0 amide bonds. The van der Waals surface area contributed by atoms with Crippen LogP contribution < -0.4 is 0 Å². The van der Waals surface area contributed by atoms with Crippen molar-refractivity contribution in [1.29, 1.82) is 0 Å². The molecule has 0 aromatic heterocycles. The standard InChI is InChI=1S/C8H14O3/c1-2-3-4-5-6-7(11-6)8(9)10/h6-7H,2-5H2,1H3,(H,9,10)/t6-,7?/m0/s1. The molecular formula is C8H14O3. The Kier molecular flexibility index (Phi) is 2.88. The lowest BCUT2D eigenvalue weighted by Crippen LogP contribution is -2.07. The summed E-state index contributed by atoms with van der Waals surface area (Å²) in [5, 5.41) is 8.46. The number of aliphatic carboxylic acids is 1. The Morgan fingerprint density at radius 2 is 2.27 bits per heavy atom. The van der Waals surface area contributed by atoms with Crippen molar-refractivity contribution in [2.45, 2.75) is 44.8 Å². The number of carboxylic acid groups (broad SMARTS) is 1. The van der Waals surface area contributed by atoms with Gasteiger partial charge in [-0.3, -0.25) is 0 Å². The third kappa shape index (κ3) is 2.50. The van der Waals surface area contributed by atoms with Crippen LogP contribution in [0.25, 0.3) is 0 Å². The van der Waals surface area contributed by atoms with Crippen LogP contribution in [0.3, 0.4) is 0 Å². The van der Waals surface area contributed by atoms with E-state index in [1.165, 1.54) is 12.8 Å². The molecule has 11 heavy (non-hydrogen) atoms. The Balaban J connectivity index is 2.00. The Labute approximate surface area is 66.4 Å². The maximum Gasteiger partial charge on any atom is 0.335 e. The van der Waals surface area contributed by atoms with Crippen LogP contribution in [0, 0.1) is 0 Å².